The van der Waals surface area contributed by atoms with E-state index in [9.17, 15) is 5.11 Å². The Morgan fingerprint density at radius 3 is 2.69 bits per heavy atom. The van der Waals surface area contributed by atoms with Crippen molar-refractivity contribution in [2.24, 2.45) is 5.92 Å². The Morgan fingerprint density at radius 1 is 1.38 bits per heavy atom. The topological polar surface area (TPSA) is 55.5 Å². The number of ether oxygens (including phenoxy) is 1. The summed E-state index contributed by atoms with van der Waals surface area (Å²) in [5.41, 5.74) is 7.36. The molecule has 0 saturated heterocycles. The van der Waals surface area contributed by atoms with Crippen LogP contribution in [0.1, 0.15) is 37.4 Å². The second-order valence-corrected chi connectivity index (χ2v) is 4.48. The lowest BCUT2D eigenvalue weighted by atomic mass is 9.93. The van der Waals surface area contributed by atoms with Crippen LogP contribution in [0.5, 0.6) is 5.75 Å². The van der Waals surface area contributed by atoms with Gasteiger partial charge in [0.2, 0.25) is 0 Å². The van der Waals surface area contributed by atoms with E-state index in [4.69, 9.17) is 10.5 Å². The summed E-state index contributed by atoms with van der Waals surface area (Å²) in [6, 6.07) is 5.46. The number of nitrogens with two attached hydrogens (primary N) is 1. The highest BCUT2D eigenvalue weighted by Crippen LogP contribution is 2.38. The third kappa shape index (κ3) is 2.14. The van der Waals surface area contributed by atoms with E-state index in [1.807, 2.05) is 12.1 Å². The van der Waals surface area contributed by atoms with E-state index in [0.717, 1.165) is 24.2 Å². The van der Waals surface area contributed by atoms with Crippen molar-refractivity contribution in [3.05, 3.63) is 23.8 Å². The number of rotatable bonds is 3. The third-order valence-electron chi connectivity index (χ3n) is 3.46. The maximum atomic E-state index is 10.3. The van der Waals surface area contributed by atoms with Gasteiger partial charge in [-0.05, 0) is 37.0 Å². The summed E-state index contributed by atoms with van der Waals surface area (Å²) in [4.78, 5) is 0. The van der Waals surface area contributed by atoms with Crippen LogP contribution in [0.25, 0.3) is 0 Å². The summed E-state index contributed by atoms with van der Waals surface area (Å²) in [6.45, 7) is 0. The summed E-state index contributed by atoms with van der Waals surface area (Å²) in [5.74, 6) is 1.11. The number of nitrogen functional groups attached to an aromatic ring is 1. The van der Waals surface area contributed by atoms with Crippen LogP contribution in [0.15, 0.2) is 18.2 Å². The zero-order chi connectivity index (χ0) is 11.5. The standard InChI is InChI=1S/C13H19NO2/c1-16-10-6-7-12(14)11(8-10)13(15)9-4-2-3-5-9/h6-9,13,15H,2-5,14H2,1H3. The normalized spacial score (nSPS) is 18.6. The van der Waals surface area contributed by atoms with E-state index in [0.29, 0.717) is 11.6 Å². The highest BCUT2D eigenvalue weighted by Gasteiger charge is 2.26. The van der Waals surface area contributed by atoms with Gasteiger partial charge in [-0.1, -0.05) is 12.8 Å². The van der Waals surface area contributed by atoms with Crippen molar-refractivity contribution >= 4 is 5.69 Å². The van der Waals surface area contributed by atoms with Gasteiger partial charge in [-0.15, -0.1) is 0 Å². The van der Waals surface area contributed by atoms with Gasteiger partial charge in [0.1, 0.15) is 5.75 Å². The molecule has 1 atom stereocenters. The molecular formula is C13H19NO2. The first-order chi connectivity index (χ1) is 7.72. The molecule has 1 aliphatic rings. The van der Waals surface area contributed by atoms with Crippen LogP contribution in [0.2, 0.25) is 0 Å². The molecule has 88 valence electrons. The van der Waals surface area contributed by atoms with Gasteiger partial charge in [-0.3, -0.25) is 0 Å². The number of hydrogen-bond donors (Lipinski definition) is 2. The lowest BCUT2D eigenvalue weighted by molar-refractivity contribution is 0.112. The van der Waals surface area contributed by atoms with Gasteiger partial charge < -0.3 is 15.6 Å². The third-order valence-corrected chi connectivity index (χ3v) is 3.46. The van der Waals surface area contributed by atoms with Crippen molar-refractivity contribution in [3.8, 4) is 5.75 Å². The van der Waals surface area contributed by atoms with Crippen LogP contribution in [-0.4, -0.2) is 12.2 Å². The molecule has 2 rings (SSSR count). The number of anilines is 1. The van der Waals surface area contributed by atoms with Crippen molar-refractivity contribution < 1.29 is 9.84 Å². The van der Waals surface area contributed by atoms with E-state index >= 15 is 0 Å². The fraction of sp³-hybridized carbons (Fsp3) is 0.538. The molecule has 3 heteroatoms. The van der Waals surface area contributed by atoms with Crippen molar-refractivity contribution in [2.75, 3.05) is 12.8 Å². The molecule has 1 aliphatic carbocycles. The van der Waals surface area contributed by atoms with E-state index in [-0.39, 0.29) is 0 Å². The lowest BCUT2D eigenvalue weighted by Crippen LogP contribution is -2.11. The van der Waals surface area contributed by atoms with Crippen molar-refractivity contribution in [1.29, 1.82) is 0 Å². The number of methoxy groups -OCH3 is 1. The summed E-state index contributed by atoms with van der Waals surface area (Å²) < 4.78 is 5.16. The van der Waals surface area contributed by atoms with Crippen LogP contribution in [-0.2, 0) is 0 Å². The molecule has 16 heavy (non-hydrogen) atoms. The minimum atomic E-state index is -0.447. The molecule has 3 N–H and O–H groups in total. The van der Waals surface area contributed by atoms with E-state index in [2.05, 4.69) is 0 Å². The summed E-state index contributed by atoms with van der Waals surface area (Å²) >= 11 is 0. The van der Waals surface area contributed by atoms with Gasteiger partial charge >= 0.3 is 0 Å². The van der Waals surface area contributed by atoms with Crippen molar-refractivity contribution in [1.82, 2.24) is 0 Å². The average molecular weight is 221 g/mol. The van der Waals surface area contributed by atoms with Crippen LogP contribution in [0.4, 0.5) is 5.69 Å². The van der Waals surface area contributed by atoms with Crippen LogP contribution >= 0.6 is 0 Å². The van der Waals surface area contributed by atoms with Gasteiger partial charge in [0.05, 0.1) is 13.2 Å². The van der Waals surface area contributed by atoms with Gasteiger partial charge in [0, 0.05) is 11.3 Å². The quantitative estimate of drug-likeness (QED) is 0.771. The first-order valence-electron chi connectivity index (χ1n) is 5.84. The fourth-order valence-electron chi connectivity index (χ4n) is 2.46. The Hall–Kier alpha value is -1.22. The van der Waals surface area contributed by atoms with Gasteiger partial charge in [-0.25, -0.2) is 0 Å². The molecule has 1 aromatic rings. The molecule has 1 aromatic carbocycles. The molecule has 0 radical (unpaired) electrons. The minimum absolute atomic E-state index is 0.356. The molecule has 0 bridgehead atoms. The first-order valence-corrected chi connectivity index (χ1v) is 5.84. The molecular weight excluding hydrogens is 202 g/mol. The SMILES string of the molecule is COc1ccc(N)c(C(O)C2CCCC2)c1. The molecule has 0 aliphatic heterocycles. The number of hydrogen-bond acceptors (Lipinski definition) is 3. The highest BCUT2D eigenvalue weighted by atomic mass is 16.5. The van der Waals surface area contributed by atoms with E-state index < -0.39 is 6.10 Å². The Bertz CT molecular complexity index is 359. The average Bonchev–Trinajstić information content (AvgIpc) is 2.82. The Labute approximate surface area is 96.2 Å². The number of aliphatic hydroxyl groups is 1. The maximum Gasteiger partial charge on any atom is 0.119 e. The second-order valence-electron chi connectivity index (χ2n) is 4.48. The van der Waals surface area contributed by atoms with Gasteiger partial charge in [-0.2, -0.15) is 0 Å². The molecule has 1 saturated carbocycles. The molecule has 1 fully saturated rings. The molecule has 1 unspecified atom stereocenters. The summed E-state index contributed by atoms with van der Waals surface area (Å²) in [5, 5.41) is 10.3. The second kappa shape index (κ2) is 4.74. The van der Waals surface area contributed by atoms with Crippen molar-refractivity contribution in [2.45, 2.75) is 31.8 Å². The first kappa shape index (κ1) is 11.3. The molecule has 3 nitrogen and oxygen atoms in total. The summed E-state index contributed by atoms with van der Waals surface area (Å²) in [6.07, 6.45) is 4.17. The zero-order valence-electron chi connectivity index (χ0n) is 9.65. The van der Waals surface area contributed by atoms with E-state index in [1.54, 1.807) is 13.2 Å². The predicted octanol–water partition coefficient (Wildman–Crippen LogP) is 2.50. The van der Waals surface area contributed by atoms with Gasteiger partial charge in [0.15, 0.2) is 0 Å². The molecule has 0 spiro atoms. The minimum Gasteiger partial charge on any atom is -0.497 e. The highest BCUT2D eigenvalue weighted by molar-refractivity contribution is 5.51. The Morgan fingerprint density at radius 2 is 2.06 bits per heavy atom. The molecule has 0 aromatic heterocycles. The fourth-order valence-corrected chi connectivity index (χ4v) is 2.46. The van der Waals surface area contributed by atoms with Crippen LogP contribution in [0.3, 0.4) is 0 Å². The summed E-state index contributed by atoms with van der Waals surface area (Å²) in [7, 11) is 1.62. The van der Waals surface area contributed by atoms with Crippen LogP contribution in [0, 0.1) is 5.92 Å². The largest absolute Gasteiger partial charge is 0.497 e. The van der Waals surface area contributed by atoms with Crippen LogP contribution < -0.4 is 10.5 Å². The monoisotopic (exact) mass is 221 g/mol. The Balaban J connectivity index is 2.23. The lowest BCUT2D eigenvalue weighted by Gasteiger charge is -2.20. The number of benzene rings is 1. The molecule has 0 amide bonds. The van der Waals surface area contributed by atoms with Crippen molar-refractivity contribution in [3.63, 3.8) is 0 Å². The zero-order valence-corrected chi connectivity index (χ0v) is 9.65. The smallest absolute Gasteiger partial charge is 0.119 e. The van der Waals surface area contributed by atoms with E-state index in [1.165, 1.54) is 12.8 Å². The predicted molar refractivity (Wildman–Crippen MR) is 64.3 cm³/mol. The number of aliphatic hydroxyl groups excluding tert-OH is 1. The van der Waals surface area contributed by atoms with Gasteiger partial charge in [0.25, 0.3) is 0 Å². The maximum absolute atomic E-state index is 10.3. The Kier molecular flexibility index (Phi) is 3.34. The molecule has 0 heterocycles.